The summed E-state index contributed by atoms with van der Waals surface area (Å²) >= 11 is 6.20. The molecule has 0 saturated carbocycles. The molecule has 1 unspecified atom stereocenters. The number of aromatic nitrogens is 2. The molecular weight excluding hydrogens is 266 g/mol. The van der Waals surface area contributed by atoms with Gasteiger partial charge in [0.2, 0.25) is 12.3 Å². The predicted molar refractivity (Wildman–Crippen MR) is 70.2 cm³/mol. The molecule has 2 heterocycles. The van der Waals surface area contributed by atoms with Crippen molar-refractivity contribution in [1.82, 2.24) is 10.1 Å². The van der Waals surface area contributed by atoms with Crippen molar-refractivity contribution in [3.05, 3.63) is 41.0 Å². The maximum absolute atomic E-state index is 12.1. The summed E-state index contributed by atoms with van der Waals surface area (Å²) < 4.78 is 4.73. The molecule has 1 fully saturated rings. The summed E-state index contributed by atoms with van der Waals surface area (Å²) in [5, 5.41) is 4.38. The number of hydrogen-bond acceptors (Lipinski definition) is 4. The van der Waals surface area contributed by atoms with Crippen LogP contribution in [0.25, 0.3) is 0 Å². The van der Waals surface area contributed by atoms with Crippen LogP contribution in [0.2, 0.25) is 5.02 Å². The molecule has 1 aliphatic heterocycles. The molecule has 3 rings (SSSR count). The lowest BCUT2D eigenvalue weighted by Gasteiger charge is -2.18. The van der Waals surface area contributed by atoms with Gasteiger partial charge in [-0.05, 0) is 24.6 Å². The van der Waals surface area contributed by atoms with Crippen LogP contribution < -0.4 is 4.90 Å². The van der Waals surface area contributed by atoms with E-state index in [1.165, 1.54) is 6.39 Å². The summed E-state index contributed by atoms with van der Waals surface area (Å²) in [5.41, 5.74) is 1.80. The van der Waals surface area contributed by atoms with Gasteiger partial charge in [-0.3, -0.25) is 4.79 Å². The van der Waals surface area contributed by atoms with E-state index in [0.29, 0.717) is 23.8 Å². The normalized spacial score (nSPS) is 19.2. The van der Waals surface area contributed by atoms with Gasteiger partial charge in [0.15, 0.2) is 5.82 Å². The van der Waals surface area contributed by atoms with E-state index in [4.69, 9.17) is 16.1 Å². The highest BCUT2D eigenvalue weighted by atomic mass is 35.5. The van der Waals surface area contributed by atoms with Gasteiger partial charge in [0.25, 0.3) is 0 Å². The minimum absolute atomic E-state index is 0.0283. The highest BCUT2D eigenvalue weighted by molar-refractivity contribution is 6.34. The Bertz CT molecular complexity index is 612. The number of anilines is 1. The van der Waals surface area contributed by atoms with Crippen LogP contribution in [-0.4, -0.2) is 22.6 Å². The minimum Gasteiger partial charge on any atom is -0.343 e. The summed E-state index contributed by atoms with van der Waals surface area (Å²) in [6.45, 7) is 2.49. The molecule has 5 nitrogen and oxygen atoms in total. The topological polar surface area (TPSA) is 59.2 Å². The number of nitrogens with zero attached hydrogens (tertiary/aromatic N) is 3. The molecule has 1 aliphatic rings. The molecule has 6 heteroatoms. The first-order chi connectivity index (χ1) is 9.15. The SMILES string of the molecule is Cc1ccc(N2CC(c3ncon3)CC2=O)c(Cl)c1. The van der Waals surface area contributed by atoms with Crippen LogP contribution in [-0.2, 0) is 4.79 Å². The maximum Gasteiger partial charge on any atom is 0.227 e. The summed E-state index contributed by atoms with van der Waals surface area (Å²) in [4.78, 5) is 17.8. The van der Waals surface area contributed by atoms with Crippen LogP contribution in [0.4, 0.5) is 5.69 Å². The number of halogens is 1. The highest BCUT2D eigenvalue weighted by Gasteiger charge is 2.34. The molecule has 1 aromatic heterocycles. The largest absolute Gasteiger partial charge is 0.343 e. The Morgan fingerprint density at radius 1 is 1.47 bits per heavy atom. The molecule has 1 aromatic carbocycles. The zero-order chi connectivity index (χ0) is 13.4. The van der Waals surface area contributed by atoms with Gasteiger partial charge in [-0.2, -0.15) is 4.98 Å². The monoisotopic (exact) mass is 277 g/mol. The first kappa shape index (κ1) is 12.2. The molecular formula is C13H12ClN3O2. The van der Waals surface area contributed by atoms with Gasteiger partial charge in [0.1, 0.15) is 0 Å². The number of rotatable bonds is 2. The predicted octanol–water partition coefficient (Wildman–Crippen LogP) is 2.55. The molecule has 0 spiro atoms. The fraction of sp³-hybridized carbons (Fsp3) is 0.308. The summed E-state index contributed by atoms with van der Waals surface area (Å²) in [6, 6.07) is 5.66. The van der Waals surface area contributed by atoms with Crippen LogP contribution in [0.15, 0.2) is 29.1 Å². The van der Waals surface area contributed by atoms with Crippen molar-refractivity contribution in [1.29, 1.82) is 0 Å². The summed E-state index contributed by atoms with van der Waals surface area (Å²) in [7, 11) is 0. The van der Waals surface area contributed by atoms with Crippen molar-refractivity contribution in [3.8, 4) is 0 Å². The number of aryl methyl sites for hydroxylation is 1. The van der Waals surface area contributed by atoms with Gasteiger partial charge >= 0.3 is 0 Å². The van der Waals surface area contributed by atoms with Gasteiger partial charge in [-0.15, -0.1) is 0 Å². The first-order valence-electron chi connectivity index (χ1n) is 5.98. The Morgan fingerprint density at radius 2 is 2.32 bits per heavy atom. The van der Waals surface area contributed by atoms with E-state index < -0.39 is 0 Å². The van der Waals surface area contributed by atoms with E-state index in [0.717, 1.165) is 11.3 Å². The standard InChI is InChI=1S/C13H12ClN3O2/c1-8-2-3-11(10(14)4-8)17-6-9(5-12(17)18)13-15-7-19-16-13/h2-4,7,9H,5-6H2,1H3. The van der Waals surface area contributed by atoms with E-state index in [-0.39, 0.29) is 11.8 Å². The molecule has 0 N–H and O–H groups in total. The van der Waals surface area contributed by atoms with Gasteiger partial charge in [-0.1, -0.05) is 22.8 Å². The Labute approximate surface area is 115 Å². The van der Waals surface area contributed by atoms with Crippen LogP contribution in [0.1, 0.15) is 23.7 Å². The van der Waals surface area contributed by atoms with Crippen molar-refractivity contribution in [2.75, 3.05) is 11.4 Å². The van der Waals surface area contributed by atoms with Gasteiger partial charge in [0, 0.05) is 18.9 Å². The molecule has 1 amide bonds. The van der Waals surface area contributed by atoms with Crippen molar-refractivity contribution >= 4 is 23.2 Å². The fourth-order valence-corrected chi connectivity index (χ4v) is 2.64. The molecule has 19 heavy (non-hydrogen) atoms. The van der Waals surface area contributed by atoms with E-state index in [2.05, 4.69) is 10.1 Å². The number of amides is 1. The lowest BCUT2D eigenvalue weighted by Crippen LogP contribution is -2.24. The Morgan fingerprint density at radius 3 is 3.00 bits per heavy atom. The Balaban J connectivity index is 1.88. The van der Waals surface area contributed by atoms with Crippen molar-refractivity contribution in [2.24, 2.45) is 0 Å². The van der Waals surface area contributed by atoms with Gasteiger partial charge in [-0.25, -0.2) is 0 Å². The molecule has 0 radical (unpaired) electrons. The second-order valence-electron chi connectivity index (χ2n) is 4.65. The summed E-state index contributed by atoms with van der Waals surface area (Å²) in [5.74, 6) is 0.559. The lowest BCUT2D eigenvalue weighted by atomic mass is 10.1. The van der Waals surface area contributed by atoms with Crippen LogP contribution in [0.5, 0.6) is 0 Å². The van der Waals surface area contributed by atoms with Crippen LogP contribution >= 0.6 is 11.6 Å². The maximum atomic E-state index is 12.1. The number of carbonyl (C=O) groups excluding carboxylic acids is 1. The summed E-state index contributed by atoms with van der Waals surface area (Å²) in [6.07, 6.45) is 1.66. The molecule has 0 aliphatic carbocycles. The third-order valence-electron chi connectivity index (χ3n) is 3.26. The van der Waals surface area contributed by atoms with Crippen molar-refractivity contribution in [2.45, 2.75) is 19.3 Å². The fourth-order valence-electron chi connectivity index (χ4n) is 2.30. The molecule has 0 bridgehead atoms. The average molecular weight is 278 g/mol. The molecule has 98 valence electrons. The zero-order valence-corrected chi connectivity index (χ0v) is 11.1. The second-order valence-corrected chi connectivity index (χ2v) is 5.06. The van der Waals surface area contributed by atoms with E-state index >= 15 is 0 Å². The first-order valence-corrected chi connectivity index (χ1v) is 6.35. The number of hydrogen-bond donors (Lipinski definition) is 0. The number of carbonyl (C=O) groups is 1. The van der Waals surface area contributed by atoms with Gasteiger partial charge < -0.3 is 9.42 Å². The molecule has 1 saturated heterocycles. The highest BCUT2D eigenvalue weighted by Crippen LogP contribution is 2.34. The average Bonchev–Trinajstić information content (AvgIpc) is 2.98. The van der Waals surface area contributed by atoms with E-state index in [9.17, 15) is 4.79 Å². The van der Waals surface area contributed by atoms with Crippen molar-refractivity contribution in [3.63, 3.8) is 0 Å². The van der Waals surface area contributed by atoms with E-state index in [1.54, 1.807) is 4.90 Å². The molecule has 2 aromatic rings. The third-order valence-corrected chi connectivity index (χ3v) is 3.57. The Hall–Kier alpha value is -1.88. The minimum atomic E-state index is -0.0383. The third kappa shape index (κ3) is 2.21. The smallest absolute Gasteiger partial charge is 0.227 e. The quantitative estimate of drug-likeness (QED) is 0.846. The Kier molecular flexibility index (Phi) is 2.98. The van der Waals surface area contributed by atoms with Crippen LogP contribution in [0.3, 0.4) is 0 Å². The second kappa shape index (κ2) is 4.66. The van der Waals surface area contributed by atoms with E-state index in [1.807, 2.05) is 25.1 Å². The number of benzene rings is 1. The van der Waals surface area contributed by atoms with Crippen LogP contribution in [0, 0.1) is 6.92 Å². The van der Waals surface area contributed by atoms with Gasteiger partial charge in [0.05, 0.1) is 10.7 Å². The molecule has 1 atom stereocenters. The lowest BCUT2D eigenvalue weighted by molar-refractivity contribution is -0.117. The zero-order valence-electron chi connectivity index (χ0n) is 10.3. The van der Waals surface area contributed by atoms with Crippen molar-refractivity contribution < 1.29 is 9.32 Å².